The maximum atomic E-state index is 12.0. The molecule has 0 spiro atoms. The van der Waals surface area contributed by atoms with Crippen molar-refractivity contribution < 1.29 is 4.79 Å². The van der Waals surface area contributed by atoms with E-state index in [1.807, 2.05) is 36.4 Å². The van der Waals surface area contributed by atoms with E-state index in [0.29, 0.717) is 6.42 Å². The third-order valence-corrected chi connectivity index (χ3v) is 5.09. The Balaban J connectivity index is 2.01. The number of hydrogen-bond donors (Lipinski definition) is 1. The predicted octanol–water partition coefficient (Wildman–Crippen LogP) is 4.62. The first-order valence-corrected chi connectivity index (χ1v) is 7.71. The van der Waals surface area contributed by atoms with E-state index in [9.17, 15) is 4.79 Å². The summed E-state index contributed by atoms with van der Waals surface area (Å²) in [5, 5.41) is 3.10. The van der Waals surface area contributed by atoms with Crippen molar-refractivity contribution in [1.82, 2.24) is 0 Å². The zero-order valence-corrected chi connectivity index (χ0v) is 12.5. The highest BCUT2D eigenvalue weighted by atomic mass is 79.9. The largest absolute Gasteiger partial charge is 0.325 e. The van der Waals surface area contributed by atoms with Crippen LogP contribution in [-0.2, 0) is 4.79 Å². The highest BCUT2D eigenvalue weighted by Crippen LogP contribution is 2.45. The highest BCUT2D eigenvalue weighted by molar-refractivity contribution is 9.10. The van der Waals surface area contributed by atoms with Crippen LogP contribution in [0.5, 0.6) is 0 Å². The van der Waals surface area contributed by atoms with E-state index >= 15 is 0 Å². The van der Waals surface area contributed by atoms with Crippen LogP contribution in [0.3, 0.4) is 0 Å². The number of hydrogen-bond acceptors (Lipinski definition) is 2. The summed E-state index contributed by atoms with van der Waals surface area (Å²) in [7, 11) is 0. The van der Waals surface area contributed by atoms with Crippen LogP contribution < -0.4 is 5.32 Å². The molecular weight excluding hydrogens is 322 g/mol. The summed E-state index contributed by atoms with van der Waals surface area (Å²) in [4.78, 5) is 13.1. The molecule has 1 aliphatic heterocycles. The second-order valence-electron chi connectivity index (χ2n) is 4.38. The van der Waals surface area contributed by atoms with Gasteiger partial charge in [-0.3, -0.25) is 4.79 Å². The second kappa shape index (κ2) is 5.39. The van der Waals surface area contributed by atoms with Crippen molar-refractivity contribution in [3.05, 3.63) is 58.6 Å². The minimum absolute atomic E-state index is 0.0678. The topological polar surface area (TPSA) is 29.1 Å². The first-order chi connectivity index (χ1) is 9.24. The molecule has 0 fully saturated rings. The van der Waals surface area contributed by atoms with Crippen LogP contribution in [0.4, 0.5) is 5.69 Å². The van der Waals surface area contributed by atoms with Crippen molar-refractivity contribution in [1.29, 1.82) is 0 Å². The summed E-state index contributed by atoms with van der Waals surface area (Å²) in [5.41, 5.74) is 2.08. The van der Waals surface area contributed by atoms with Gasteiger partial charge < -0.3 is 5.32 Å². The van der Waals surface area contributed by atoms with Gasteiger partial charge >= 0.3 is 0 Å². The van der Waals surface area contributed by atoms with E-state index in [0.717, 1.165) is 15.1 Å². The van der Waals surface area contributed by atoms with Gasteiger partial charge in [-0.2, -0.15) is 0 Å². The molecule has 1 atom stereocenters. The summed E-state index contributed by atoms with van der Waals surface area (Å²) in [5.74, 6) is 0.0678. The van der Waals surface area contributed by atoms with Crippen molar-refractivity contribution >= 4 is 39.3 Å². The number of fused-ring (bicyclic) bond motifs is 1. The molecule has 2 aromatic rings. The summed E-state index contributed by atoms with van der Waals surface area (Å²) in [6, 6.07) is 16.0. The minimum Gasteiger partial charge on any atom is -0.325 e. The number of nitrogens with one attached hydrogen (secondary N) is 1. The van der Waals surface area contributed by atoms with Crippen molar-refractivity contribution in [3.63, 3.8) is 0 Å². The van der Waals surface area contributed by atoms with E-state index < -0.39 is 0 Å². The smallest absolute Gasteiger partial charge is 0.225 e. The first kappa shape index (κ1) is 12.8. The van der Waals surface area contributed by atoms with Gasteiger partial charge in [0.05, 0.1) is 5.69 Å². The summed E-state index contributed by atoms with van der Waals surface area (Å²) >= 11 is 5.31. The van der Waals surface area contributed by atoms with Gasteiger partial charge in [-0.15, -0.1) is 11.8 Å². The molecule has 96 valence electrons. The molecule has 1 aliphatic rings. The number of para-hydroxylation sites is 1. The maximum Gasteiger partial charge on any atom is 0.225 e. The van der Waals surface area contributed by atoms with Gasteiger partial charge in [-0.05, 0) is 23.8 Å². The van der Waals surface area contributed by atoms with Crippen LogP contribution in [0.2, 0.25) is 0 Å². The van der Waals surface area contributed by atoms with E-state index in [1.165, 1.54) is 5.56 Å². The predicted molar refractivity (Wildman–Crippen MR) is 82.4 cm³/mol. The lowest BCUT2D eigenvalue weighted by molar-refractivity contribution is -0.116. The molecule has 3 rings (SSSR count). The monoisotopic (exact) mass is 333 g/mol. The molecule has 0 bridgehead atoms. The fourth-order valence-corrected chi connectivity index (χ4v) is 4.14. The number of rotatable bonds is 1. The fourth-order valence-electron chi connectivity index (χ4n) is 2.15. The Morgan fingerprint density at radius 1 is 1.11 bits per heavy atom. The van der Waals surface area contributed by atoms with E-state index in [2.05, 4.69) is 33.4 Å². The molecular formula is C15H12BrNOS. The van der Waals surface area contributed by atoms with Gasteiger partial charge in [0.25, 0.3) is 0 Å². The quantitative estimate of drug-likeness (QED) is 0.824. The molecule has 0 radical (unpaired) electrons. The van der Waals surface area contributed by atoms with Crippen LogP contribution in [0, 0.1) is 0 Å². The third kappa shape index (κ3) is 2.69. The number of anilines is 1. The zero-order valence-electron chi connectivity index (χ0n) is 10.1. The van der Waals surface area contributed by atoms with Gasteiger partial charge in [0.2, 0.25) is 5.91 Å². The highest BCUT2D eigenvalue weighted by Gasteiger charge is 2.24. The number of carbonyl (C=O) groups is 1. The summed E-state index contributed by atoms with van der Waals surface area (Å²) in [6.07, 6.45) is 0.488. The molecule has 0 aliphatic carbocycles. The van der Waals surface area contributed by atoms with Crippen LogP contribution in [0.15, 0.2) is 57.9 Å². The lowest BCUT2D eigenvalue weighted by Crippen LogP contribution is -2.12. The molecule has 0 aromatic heterocycles. The molecule has 2 nitrogen and oxygen atoms in total. The number of benzene rings is 2. The number of carbonyl (C=O) groups excluding carboxylic acids is 1. The molecule has 1 amide bonds. The summed E-state index contributed by atoms with van der Waals surface area (Å²) < 4.78 is 1.06. The Hall–Kier alpha value is -1.26. The average molecular weight is 334 g/mol. The van der Waals surface area contributed by atoms with Crippen molar-refractivity contribution in [3.8, 4) is 0 Å². The molecule has 2 aromatic carbocycles. The van der Waals surface area contributed by atoms with Gasteiger partial charge in [-0.1, -0.05) is 46.3 Å². The molecule has 4 heteroatoms. The average Bonchev–Trinajstić information content (AvgIpc) is 2.57. The molecule has 19 heavy (non-hydrogen) atoms. The Labute approximate surface area is 124 Å². The van der Waals surface area contributed by atoms with Crippen molar-refractivity contribution in [2.45, 2.75) is 16.6 Å². The Kier molecular flexibility index (Phi) is 3.62. The van der Waals surface area contributed by atoms with Crippen LogP contribution in [0.1, 0.15) is 17.2 Å². The third-order valence-electron chi connectivity index (χ3n) is 3.05. The SMILES string of the molecule is O=C1C[C@H](c2ccccc2Br)Sc2ccccc2N1. The van der Waals surface area contributed by atoms with Gasteiger partial charge in [-0.25, -0.2) is 0 Å². The van der Waals surface area contributed by atoms with Gasteiger partial charge in [0.1, 0.15) is 0 Å². The Bertz CT molecular complexity index is 629. The molecule has 1 N–H and O–H groups in total. The number of halogens is 1. The van der Waals surface area contributed by atoms with E-state index in [4.69, 9.17) is 0 Å². The Morgan fingerprint density at radius 2 is 1.84 bits per heavy atom. The second-order valence-corrected chi connectivity index (χ2v) is 6.48. The van der Waals surface area contributed by atoms with Gasteiger partial charge in [0, 0.05) is 21.0 Å². The minimum atomic E-state index is 0.0678. The molecule has 0 saturated carbocycles. The van der Waals surface area contributed by atoms with Crippen molar-refractivity contribution in [2.75, 3.05) is 5.32 Å². The maximum absolute atomic E-state index is 12.0. The van der Waals surface area contributed by atoms with Crippen molar-refractivity contribution in [2.24, 2.45) is 0 Å². The number of amides is 1. The number of thioether (sulfide) groups is 1. The van der Waals surface area contributed by atoms with Gasteiger partial charge in [0.15, 0.2) is 0 Å². The summed E-state index contributed by atoms with van der Waals surface area (Å²) in [6.45, 7) is 0. The zero-order chi connectivity index (χ0) is 13.2. The van der Waals surface area contributed by atoms with Crippen LogP contribution in [0.25, 0.3) is 0 Å². The van der Waals surface area contributed by atoms with Crippen LogP contribution in [-0.4, -0.2) is 5.91 Å². The molecule has 0 unspecified atom stereocenters. The van der Waals surface area contributed by atoms with E-state index in [1.54, 1.807) is 11.8 Å². The van der Waals surface area contributed by atoms with E-state index in [-0.39, 0.29) is 11.2 Å². The fraction of sp³-hybridized carbons (Fsp3) is 0.133. The lowest BCUT2D eigenvalue weighted by Gasteiger charge is -2.15. The first-order valence-electron chi connectivity index (χ1n) is 6.04. The Morgan fingerprint density at radius 3 is 2.68 bits per heavy atom. The molecule has 0 saturated heterocycles. The lowest BCUT2D eigenvalue weighted by atomic mass is 10.1. The molecule has 1 heterocycles. The van der Waals surface area contributed by atoms with Crippen LogP contribution >= 0.6 is 27.7 Å². The standard InChI is InChI=1S/C15H12BrNOS/c16-11-6-2-1-5-10(11)14-9-15(18)17-12-7-3-4-8-13(12)19-14/h1-8,14H,9H2,(H,17,18)/t14-/m1/s1. The normalized spacial score (nSPS) is 18.4.